The fraction of sp³-hybridized carbons (Fsp3) is 1.00. The zero-order chi connectivity index (χ0) is 15.9. The van der Waals surface area contributed by atoms with E-state index in [-0.39, 0.29) is 12.2 Å². The van der Waals surface area contributed by atoms with Gasteiger partial charge in [-0.3, -0.25) is 4.90 Å². The van der Waals surface area contributed by atoms with Crippen LogP contribution in [0, 0.1) is 0 Å². The zero-order valence-corrected chi connectivity index (χ0v) is 14.5. The zero-order valence-electron chi connectivity index (χ0n) is 14.5. The summed E-state index contributed by atoms with van der Waals surface area (Å²) in [5.74, 6) is 0. The van der Waals surface area contributed by atoms with Crippen molar-refractivity contribution in [3.8, 4) is 0 Å². The van der Waals surface area contributed by atoms with Gasteiger partial charge in [-0.05, 0) is 58.2 Å². The second kappa shape index (κ2) is 9.33. The van der Waals surface area contributed by atoms with Crippen LogP contribution in [0.5, 0.6) is 0 Å². The smallest absolute Gasteiger partial charge is 0.0900 e. The highest BCUT2D eigenvalue weighted by Crippen LogP contribution is 2.20. The molecule has 3 fully saturated rings. The summed E-state index contributed by atoms with van der Waals surface area (Å²) in [5.41, 5.74) is 0. The molecule has 3 aliphatic rings. The van der Waals surface area contributed by atoms with Gasteiger partial charge in [-0.15, -0.1) is 0 Å². The van der Waals surface area contributed by atoms with E-state index in [2.05, 4.69) is 9.80 Å². The number of likely N-dealkylation sites (tertiary alicyclic amines) is 2. The quantitative estimate of drug-likeness (QED) is 0.732. The molecule has 0 radical (unpaired) electrons. The largest absolute Gasteiger partial charge is 0.389 e. The van der Waals surface area contributed by atoms with E-state index in [1.165, 1.54) is 51.7 Å². The maximum absolute atomic E-state index is 10.3. The third-order valence-electron chi connectivity index (χ3n) is 5.50. The van der Waals surface area contributed by atoms with Crippen LogP contribution in [0.2, 0.25) is 0 Å². The molecule has 5 heteroatoms. The molecule has 5 nitrogen and oxygen atoms in total. The Kier molecular flexibility index (Phi) is 7.14. The topological polar surface area (TPSA) is 45.2 Å². The van der Waals surface area contributed by atoms with Crippen LogP contribution in [-0.2, 0) is 9.47 Å². The normalized spacial score (nSPS) is 31.7. The number of rotatable bonds is 8. The molecule has 1 N–H and O–H groups in total. The molecule has 0 spiro atoms. The minimum Gasteiger partial charge on any atom is -0.389 e. The molecule has 3 rings (SSSR count). The van der Waals surface area contributed by atoms with E-state index in [0.29, 0.717) is 19.3 Å². The van der Waals surface area contributed by atoms with Gasteiger partial charge in [-0.2, -0.15) is 0 Å². The van der Waals surface area contributed by atoms with Crippen LogP contribution >= 0.6 is 0 Å². The predicted molar refractivity (Wildman–Crippen MR) is 90.7 cm³/mol. The van der Waals surface area contributed by atoms with E-state index in [0.717, 1.165) is 32.5 Å². The minimum absolute atomic E-state index is 0.251. The average molecular weight is 326 g/mol. The summed E-state index contributed by atoms with van der Waals surface area (Å²) in [4.78, 5) is 5.10. The summed E-state index contributed by atoms with van der Waals surface area (Å²) in [6, 6.07) is 0.626. The number of hydrogen-bond donors (Lipinski definition) is 1. The van der Waals surface area contributed by atoms with Crippen molar-refractivity contribution in [3.63, 3.8) is 0 Å². The Morgan fingerprint density at radius 2 is 1.91 bits per heavy atom. The molecule has 0 aromatic rings. The average Bonchev–Trinajstić information content (AvgIpc) is 3.21. The van der Waals surface area contributed by atoms with Gasteiger partial charge in [0, 0.05) is 25.7 Å². The van der Waals surface area contributed by atoms with Crippen molar-refractivity contribution in [3.05, 3.63) is 0 Å². The first-order valence-corrected chi connectivity index (χ1v) is 9.65. The second-order valence-corrected chi connectivity index (χ2v) is 7.48. The van der Waals surface area contributed by atoms with E-state index < -0.39 is 0 Å². The fourth-order valence-corrected chi connectivity index (χ4v) is 4.22. The standard InChI is InChI=1S/C18H34N2O3/c21-17(14-22-15-18-7-5-11-23-18)13-20-10-4-6-16(20)12-19-8-2-1-3-9-19/h16-18,21H,1-15H2. The van der Waals surface area contributed by atoms with Gasteiger partial charge in [-0.1, -0.05) is 6.42 Å². The molecule has 0 amide bonds. The molecule has 3 aliphatic heterocycles. The van der Waals surface area contributed by atoms with Crippen LogP contribution in [0.1, 0.15) is 44.9 Å². The number of aliphatic hydroxyl groups excluding tert-OH is 1. The Morgan fingerprint density at radius 3 is 2.70 bits per heavy atom. The van der Waals surface area contributed by atoms with Crippen molar-refractivity contribution in [2.45, 2.75) is 63.2 Å². The minimum atomic E-state index is -0.377. The molecule has 3 unspecified atom stereocenters. The summed E-state index contributed by atoms with van der Waals surface area (Å²) in [6.07, 6.45) is 8.76. The van der Waals surface area contributed by atoms with Crippen LogP contribution in [0.4, 0.5) is 0 Å². The van der Waals surface area contributed by atoms with E-state index in [1.54, 1.807) is 0 Å². The summed E-state index contributed by atoms with van der Waals surface area (Å²) >= 11 is 0. The first-order valence-electron chi connectivity index (χ1n) is 9.65. The third-order valence-corrected chi connectivity index (χ3v) is 5.50. The van der Waals surface area contributed by atoms with E-state index in [1.807, 2.05) is 0 Å². The highest BCUT2D eigenvalue weighted by atomic mass is 16.5. The van der Waals surface area contributed by atoms with Gasteiger partial charge in [0.2, 0.25) is 0 Å². The molecule has 0 saturated carbocycles. The summed E-state index contributed by atoms with van der Waals surface area (Å²) in [7, 11) is 0. The Balaban J connectivity index is 1.33. The van der Waals surface area contributed by atoms with Gasteiger partial charge < -0.3 is 19.5 Å². The van der Waals surface area contributed by atoms with Crippen LogP contribution in [0.3, 0.4) is 0 Å². The van der Waals surface area contributed by atoms with Crippen molar-refractivity contribution < 1.29 is 14.6 Å². The lowest BCUT2D eigenvalue weighted by molar-refractivity contribution is -0.0271. The van der Waals surface area contributed by atoms with Crippen LogP contribution < -0.4 is 0 Å². The molecule has 0 aromatic carbocycles. The second-order valence-electron chi connectivity index (χ2n) is 7.48. The molecule has 0 aromatic heterocycles. The van der Waals surface area contributed by atoms with Crippen LogP contribution in [0.25, 0.3) is 0 Å². The third kappa shape index (κ3) is 5.68. The Hall–Kier alpha value is -0.200. The van der Waals surface area contributed by atoms with Crippen molar-refractivity contribution in [2.24, 2.45) is 0 Å². The van der Waals surface area contributed by atoms with Crippen LogP contribution in [-0.4, -0.2) is 85.7 Å². The van der Waals surface area contributed by atoms with Gasteiger partial charge >= 0.3 is 0 Å². The van der Waals surface area contributed by atoms with Gasteiger partial charge in [-0.25, -0.2) is 0 Å². The monoisotopic (exact) mass is 326 g/mol. The molecule has 3 atom stereocenters. The van der Waals surface area contributed by atoms with Crippen molar-refractivity contribution in [2.75, 3.05) is 52.5 Å². The van der Waals surface area contributed by atoms with Crippen molar-refractivity contribution >= 4 is 0 Å². The Labute approximate surface area is 140 Å². The molecule has 0 aliphatic carbocycles. The number of ether oxygens (including phenoxy) is 2. The fourth-order valence-electron chi connectivity index (χ4n) is 4.22. The highest BCUT2D eigenvalue weighted by Gasteiger charge is 2.28. The first kappa shape index (κ1) is 17.6. The lowest BCUT2D eigenvalue weighted by Crippen LogP contribution is -2.45. The van der Waals surface area contributed by atoms with Gasteiger partial charge in [0.1, 0.15) is 0 Å². The number of β-amino-alcohol motifs (C(OH)–C–C–N with tert-alkyl or cyclic N) is 1. The molecular formula is C18H34N2O3. The van der Waals surface area contributed by atoms with Gasteiger partial charge in [0.05, 0.1) is 25.4 Å². The number of hydrogen-bond acceptors (Lipinski definition) is 5. The molecular weight excluding hydrogens is 292 g/mol. The van der Waals surface area contributed by atoms with E-state index >= 15 is 0 Å². The van der Waals surface area contributed by atoms with Crippen molar-refractivity contribution in [1.82, 2.24) is 9.80 Å². The van der Waals surface area contributed by atoms with E-state index in [9.17, 15) is 5.11 Å². The SMILES string of the molecule is OC(COCC1CCCO1)CN1CCCC1CN1CCCCC1. The Bertz CT molecular complexity index is 330. The highest BCUT2D eigenvalue weighted by molar-refractivity contribution is 4.84. The molecule has 23 heavy (non-hydrogen) atoms. The maximum atomic E-state index is 10.3. The summed E-state index contributed by atoms with van der Waals surface area (Å²) in [6.45, 7) is 7.52. The summed E-state index contributed by atoms with van der Waals surface area (Å²) < 4.78 is 11.2. The van der Waals surface area contributed by atoms with E-state index in [4.69, 9.17) is 9.47 Å². The lowest BCUT2D eigenvalue weighted by atomic mass is 10.1. The number of piperidine rings is 1. The molecule has 3 saturated heterocycles. The van der Waals surface area contributed by atoms with Crippen molar-refractivity contribution in [1.29, 1.82) is 0 Å². The summed E-state index contributed by atoms with van der Waals surface area (Å²) in [5, 5.41) is 10.3. The maximum Gasteiger partial charge on any atom is 0.0900 e. The predicted octanol–water partition coefficient (Wildman–Crippen LogP) is 1.49. The number of aliphatic hydroxyl groups is 1. The first-order chi connectivity index (χ1) is 11.3. The van der Waals surface area contributed by atoms with Crippen LogP contribution in [0.15, 0.2) is 0 Å². The molecule has 0 bridgehead atoms. The molecule has 3 heterocycles. The molecule has 134 valence electrons. The Morgan fingerprint density at radius 1 is 1.04 bits per heavy atom. The van der Waals surface area contributed by atoms with Gasteiger partial charge in [0.15, 0.2) is 0 Å². The van der Waals surface area contributed by atoms with Gasteiger partial charge in [0.25, 0.3) is 0 Å². The number of nitrogens with zero attached hydrogens (tertiary/aromatic N) is 2. The lowest BCUT2D eigenvalue weighted by Gasteiger charge is -2.33.